The van der Waals surface area contributed by atoms with E-state index in [9.17, 15) is 14.4 Å². The summed E-state index contributed by atoms with van der Waals surface area (Å²) in [6.07, 6.45) is 6.90. The number of halogens is 2. The van der Waals surface area contributed by atoms with E-state index in [-0.39, 0.29) is 11.1 Å². The molecule has 0 radical (unpaired) electrons. The first kappa shape index (κ1) is 36.2. The van der Waals surface area contributed by atoms with E-state index in [1.54, 1.807) is 51.9 Å². The van der Waals surface area contributed by atoms with E-state index < -0.39 is 11.7 Å². The normalized spacial score (nSPS) is 11.3. The van der Waals surface area contributed by atoms with Crippen LogP contribution in [0.3, 0.4) is 0 Å². The number of ether oxygens (including phenoxy) is 1. The third-order valence-electron chi connectivity index (χ3n) is 8.35. The van der Waals surface area contributed by atoms with Crippen LogP contribution in [0.5, 0.6) is 0 Å². The van der Waals surface area contributed by atoms with Crippen LogP contribution in [0.25, 0.3) is 33.3 Å². The Labute approximate surface area is 311 Å². The van der Waals surface area contributed by atoms with Gasteiger partial charge in [0.2, 0.25) is 0 Å². The molecule has 0 saturated heterocycles. The number of hydrogen-bond donors (Lipinski definition) is 0. The molecule has 52 heavy (non-hydrogen) atoms. The van der Waals surface area contributed by atoms with Crippen molar-refractivity contribution in [3.63, 3.8) is 0 Å². The minimum atomic E-state index is -0.591. The zero-order valence-electron chi connectivity index (χ0n) is 29.3. The van der Waals surface area contributed by atoms with Crippen molar-refractivity contribution in [2.75, 3.05) is 0 Å². The van der Waals surface area contributed by atoms with E-state index in [0.717, 1.165) is 27.8 Å². The van der Waals surface area contributed by atoms with E-state index in [1.165, 1.54) is 21.5 Å². The van der Waals surface area contributed by atoms with Gasteiger partial charge in [0.1, 0.15) is 5.60 Å². The minimum Gasteiger partial charge on any atom is -0.443 e. The van der Waals surface area contributed by atoms with Crippen LogP contribution in [0.1, 0.15) is 31.9 Å². The molecule has 0 atom stereocenters. The van der Waals surface area contributed by atoms with Gasteiger partial charge >= 0.3 is 6.09 Å². The summed E-state index contributed by atoms with van der Waals surface area (Å²) in [6, 6.07) is 33.7. The number of benzene rings is 3. The molecule has 0 unspecified atom stereocenters. The summed E-state index contributed by atoms with van der Waals surface area (Å²) in [5.41, 5.74) is 6.01. The molecule has 4 heterocycles. The molecule has 0 aliphatic heterocycles. The van der Waals surface area contributed by atoms with E-state index in [4.69, 9.17) is 27.9 Å². The van der Waals surface area contributed by atoms with Gasteiger partial charge in [-0.2, -0.15) is 0 Å². The fourth-order valence-electron chi connectivity index (χ4n) is 5.75. The maximum Gasteiger partial charge on any atom is 0.418 e. The lowest BCUT2D eigenvalue weighted by atomic mass is 10.1. The molecule has 0 aliphatic carbocycles. The minimum absolute atomic E-state index is 0.0144. The van der Waals surface area contributed by atoms with Crippen molar-refractivity contribution in [2.24, 2.45) is 7.05 Å². The Kier molecular flexibility index (Phi) is 10.7. The summed E-state index contributed by atoms with van der Waals surface area (Å²) < 4.78 is 12.3. The molecular formula is C42H38Cl2N4O4. The molecule has 7 aromatic rings. The molecule has 10 heteroatoms. The average Bonchev–Trinajstić information content (AvgIpc) is 3.75. The molecule has 0 bridgehead atoms. The van der Waals surface area contributed by atoms with Crippen molar-refractivity contribution in [2.45, 2.75) is 39.5 Å². The zero-order chi connectivity index (χ0) is 37.0. The fraction of sp³-hybridized carbons (Fsp3) is 0.167. The zero-order valence-corrected chi connectivity index (χ0v) is 30.8. The van der Waals surface area contributed by atoms with Gasteiger partial charge in [0.25, 0.3) is 11.1 Å². The highest BCUT2D eigenvalue weighted by Crippen LogP contribution is 2.25. The molecule has 0 aliphatic rings. The first-order chi connectivity index (χ1) is 24.8. The SMILES string of the molecule is CC(C)(C)OC(=O)n1cccc1-c1ccc(=O)n(Cc2ccc(Cl)cc2)c1.Cn1ccc2cc(-c3ccc(=O)n(Cc4ccc(Cl)cc4)c3)ccc21. The summed E-state index contributed by atoms with van der Waals surface area (Å²) in [7, 11) is 2.04. The van der Waals surface area contributed by atoms with Crippen LogP contribution in [-0.4, -0.2) is 30.0 Å². The van der Waals surface area contributed by atoms with Crippen LogP contribution >= 0.6 is 23.2 Å². The van der Waals surface area contributed by atoms with Gasteiger partial charge in [0, 0.05) is 70.5 Å². The summed E-state index contributed by atoms with van der Waals surface area (Å²) in [5, 5.41) is 2.53. The number of fused-ring (bicyclic) bond motifs is 1. The summed E-state index contributed by atoms with van der Waals surface area (Å²) >= 11 is 11.8. The lowest BCUT2D eigenvalue weighted by molar-refractivity contribution is 0.0540. The Balaban J connectivity index is 0.000000179. The average molecular weight is 734 g/mol. The van der Waals surface area contributed by atoms with Crippen molar-refractivity contribution in [1.29, 1.82) is 0 Å². The maximum atomic E-state index is 12.5. The van der Waals surface area contributed by atoms with Crippen LogP contribution in [-0.2, 0) is 24.9 Å². The second kappa shape index (κ2) is 15.4. The third-order valence-corrected chi connectivity index (χ3v) is 8.86. The molecule has 0 spiro atoms. The highest BCUT2D eigenvalue weighted by molar-refractivity contribution is 6.30. The first-order valence-corrected chi connectivity index (χ1v) is 17.4. The monoisotopic (exact) mass is 732 g/mol. The van der Waals surface area contributed by atoms with E-state index in [2.05, 4.69) is 35.0 Å². The summed E-state index contributed by atoms with van der Waals surface area (Å²) in [6.45, 7) is 6.40. The maximum absolute atomic E-state index is 12.5. The highest BCUT2D eigenvalue weighted by atomic mass is 35.5. The fourth-order valence-corrected chi connectivity index (χ4v) is 6.00. The molecule has 0 saturated carbocycles. The van der Waals surface area contributed by atoms with Gasteiger partial charge in [0.05, 0.1) is 18.8 Å². The smallest absolute Gasteiger partial charge is 0.418 e. The van der Waals surface area contributed by atoms with Crippen LogP contribution in [0.2, 0.25) is 10.0 Å². The van der Waals surface area contributed by atoms with E-state index >= 15 is 0 Å². The van der Waals surface area contributed by atoms with Gasteiger partial charge in [0.15, 0.2) is 0 Å². The molecule has 7 rings (SSSR count). The third kappa shape index (κ3) is 8.83. The predicted octanol–water partition coefficient (Wildman–Crippen LogP) is 9.51. The molecule has 0 N–H and O–H groups in total. The molecule has 0 fully saturated rings. The number of carbonyl (C=O) groups excluding carboxylic acids is 1. The molecule has 264 valence electrons. The van der Waals surface area contributed by atoms with Crippen molar-refractivity contribution in [1.82, 2.24) is 18.3 Å². The number of aromatic nitrogens is 4. The van der Waals surface area contributed by atoms with Crippen molar-refractivity contribution >= 4 is 40.2 Å². The summed E-state index contributed by atoms with van der Waals surface area (Å²) in [4.78, 5) is 36.9. The van der Waals surface area contributed by atoms with E-state index in [1.807, 2.05) is 82.5 Å². The van der Waals surface area contributed by atoms with Gasteiger partial charge in [-0.1, -0.05) is 53.5 Å². The Morgan fingerprint density at radius 2 is 1.19 bits per heavy atom. The van der Waals surface area contributed by atoms with E-state index in [0.29, 0.717) is 28.8 Å². The van der Waals surface area contributed by atoms with Crippen molar-refractivity contribution < 1.29 is 9.53 Å². The lowest BCUT2D eigenvalue weighted by Crippen LogP contribution is -2.27. The molecule has 3 aromatic carbocycles. The van der Waals surface area contributed by atoms with Crippen LogP contribution < -0.4 is 11.1 Å². The van der Waals surface area contributed by atoms with Crippen molar-refractivity contribution in [3.8, 4) is 22.4 Å². The number of pyridine rings is 2. The molecule has 4 aromatic heterocycles. The molecular weight excluding hydrogens is 695 g/mol. The van der Waals surface area contributed by atoms with Crippen LogP contribution in [0, 0.1) is 0 Å². The number of rotatable bonds is 6. The second-order valence-corrected chi connectivity index (χ2v) is 14.3. The Hall–Kier alpha value is -5.57. The molecule has 0 amide bonds. The highest BCUT2D eigenvalue weighted by Gasteiger charge is 2.20. The summed E-state index contributed by atoms with van der Waals surface area (Å²) in [5.74, 6) is 0. The second-order valence-electron chi connectivity index (χ2n) is 13.5. The number of aryl methyl sites for hydroxylation is 1. The van der Waals surface area contributed by atoms with Gasteiger partial charge < -0.3 is 18.4 Å². The Morgan fingerprint density at radius 1 is 0.654 bits per heavy atom. The largest absolute Gasteiger partial charge is 0.443 e. The lowest BCUT2D eigenvalue weighted by Gasteiger charge is -2.20. The first-order valence-electron chi connectivity index (χ1n) is 16.7. The molecule has 8 nitrogen and oxygen atoms in total. The number of hydrogen-bond acceptors (Lipinski definition) is 4. The Bertz CT molecular complexity index is 2470. The van der Waals surface area contributed by atoms with Crippen LogP contribution in [0.4, 0.5) is 4.79 Å². The number of nitrogens with zero attached hydrogens (tertiary/aromatic N) is 4. The number of carbonyl (C=O) groups is 1. The quantitative estimate of drug-likeness (QED) is 0.171. The van der Waals surface area contributed by atoms with Gasteiger partial charge in [-0.05, 0) is 110 Å². The Morgan fingerprint density at radius 3 is 1.77 bits per heavy atom. The standard InChI is InChI=1S/C21H21ClN2O3.C21H17ClN2O/c1-21(2,3)27-20(26)24-12-4-5-18(24)16-8-11-19(25)23(14-16)13-15-6-9-17(22)10-7-15;1-23-11-10-17-12-16(4-8-20(17)23)18-5-9-21(25)24(14-18)13-15-2-6-19(22)7-3-15/h4-12,14H,13H2,1-3H3;2-12,14H,13H2,1H3. The topological polar surface area (TPSA) is 80.2 Å². The predicted molar refractivity (Wildman–Crippen MR) is 209 cm³/mol. The van der Waals surface area contributed by atoms with Crippen LogP contribution in [0.15, 0.2) is 144 Å². The van der Waals surface area contributed by atoms with Gasteiger partial charge in [-0.25, -0.2) is 4.79 Å². The van der Waals surface area contributed by atoms with Gasteiger partial charge in [-0.15, -0.1) is 0 Å². The van der Waals surface area contributed by atoms with Gasteiger partial charge in [-0.3, -0.25) is 14.2 Å². The van der Waals surface area contributed by atoms with Crippen molar-refractivity contribution in [3.05, 3.63) is 176 Å².